The number of rotatable bonds is 7. The number of hydrogen-bond acceptors (Lipinski definition) is 8. The van der Waals surface area contributed by atoms with Gasteiger partial charge >= 0.3 is 5.97 Å². The smallest absolute Gasteiger partial charge is 0.352 e. The van der Waals surface area contributed by atoms with E-state index < -0.39 is 17.7 Å². The third-order valence-electron chi connectivity index (χ3n) is 4.98. The van der Waals surface area contributed by atoms with Crippen molar-refractivity contribution >= 4 is 51.4 Å². The molecule has 2 aliphatic heterocycles. The van der Waals surface area contributed by atoms with Gasteiger partial charge < -0.3 is 20.6 Å². The molecule has 28 heavy (non-hydrogen) atoms. The first-order valence-electron chi connectivity index (χ1n) is 8.65. The van der Waals surface area contributed by atoms with Gasteiger partial charge in [-0.2, -0.15) is 0 Å². The minimum atomic E-state index is -1.12. The van der Waals surface area contributed by atoms with Crippen molar-refractivity contribution in [1.29, 1.82) is 0 Å². The van der Waals surface area contributed by atoms with Crippen LogP contribution < -0.4 is 5.73 Å². The van der Waals surface area contributed by atoms with Gasteiger partial charge in [0, 0.05) is 12.5 Å². The summed E-state index contributed by atoms with van der Waals surface area (Å²) in [4.78, 5) is 47.1. The number of hydrogen-bond donors (Lipinski definition) is 2. The molecule has 9 nitrogen and oxygen atoms in total. The van der Waals surface area contributed by atoms with E-state index in [-0.39, 0.29) is 44.9 Å². The third kappa shape index (κ3) is 3.37. The third-order valence-corrected chi connectivity index (χ3v) is 6.06. The van der Waals surface area contributed by atoms with Crippen molar-refractivity contribution in [2.24, 2.45) is 11.1 Å². The van der Waals surface area contributed by atoms with Crippen LogP contribution in [0.5, 0.6) is 0 Å². The van der Waals surface area contributed by atoms with Crippen LogP contribution in [0.15, 0.2) is 16.4 Å². The van der Waals surface area contributed by atoms with Crippen LogP contribution in [-0.4, -0.2) is 51.5 Å². The van der Waals surface area contributed by atoms with Crippen molar-refractivity contribution in [3.63, 3.8) is 0 Å². The Morgan fingerprint density at radius 2 is 2.21 bits per heavy atom. The molecule has 1 aromatic heterocycles. The quantitative estimate of drug-likeness (QED) is 0.387. The average Bonchev–Trinajstić information content (AvgIpc) is 3.00. The summed E-state index contributed by atoms with van der Waals surface area (Å²) in [7, 11) is 1.28. The Morgan fingerprint density at radius 3 is 2.75 bits per heavy atom. The first-order valence-corrected chi connectivity index (χ1v) is 9.84. The second kappa shape index (κ2) is 7.88. The van der Waals surface area contributed by atoms with Crippen molar-refractivity contribution in [3.8, 4) is 0 Å². The lowest BCUT2D eigenvalue weighted by molar-refractivity contribution is -0.159. The monoisotopic (exact) mass is 426 g/mol. The fourth-order valence-corrected chi connectivity index (χ4v) is 4.65. The Hall–Kier alpha value is -2.46. The highest BCUT2D eigenvalue weighted by molar-refractivity contribution is 7.19. The van der Waals surface area contributed by atoms with Crippen molar-refractivity contribution in [1.82, 2.24) is 9.88 Å². The summed E-state index contributed by atoms with van der Waals surface area (Å²) < 4.78 is 0.199. The van der Waals surface area contributed by atoms with E-state index >= 15 is 0 Å². The number of β-lactam (4-membered cyclic amide) rings is 1. The second-order valence-electron chi connectivity index (χ2n) is 6.46. The summed E-state index contributed by atoms with van der Waals surface area (Å²) in [6.07, 6.45) is 1.63. The number of halogens is 1. The molecular weight excluding hydrogens is 408 g/mol. The molecule has 0 bridgehead atoms. The molecule has 1 fully saturated rings. The molecule has 11 heteroatoms. The minimum absolute atomic E-state index is 0.0496. The van der Waals surface area contributed by atoms with E-state index in [0.717, 1.165) is 16.9 Å². The number of amides is 1. The lowest BCUT2D eigenvalue weighted by atomic mass is 9.75. The predicted octanol–water partition coefficient (Wildman–Crippen LogP) is 2.06. The maximum absolute atomic E-state index is 12.8. The molecule has 1 aromatic rings. The van der Waals surface area contributed by atoms with Crippen LogP contribution in [0.1, 0.15) is 38.3 Å². The number of nitrogens with zero attached hydrogens (tertiary/aromatic N) is 3. The maximum atomic E-state index is 12.8. The molecule has 0 spiro atoms. The number of anilines is 1. The topological polar surface area (TPSA) is 135 Å². The molecule has 0 aromatic carbocycles. The summed E-state index contributed by atoms with van der Waals surface area (Å²) in [6, 6.07) is -0.322. The molecule has 1 saturated heterocycles. The number of oxime groups is 1. The number of fused-ring (bicyclic) bond motifs is 1. The molecule has 3 rings (SSSR count). The molecule has 2 atom stereocenters. The van der Waals surface area contributed by atoms with E-state index in [9.17, 15) is 19.5 Å². The Morgan fingerprint density at radius 1 is 1.50 bits per heavy atom. The SMILES string of the molecule is CCC1=C(C(=O)O)N2C(=O)[C@@H](CC(=O)/C(=N\OC)c3nc(N)sc3Cl)C2CC1. The Kier molecular flexibility index (Phi) is 5.71. The number of carbonyl (C=O) groups is 3. The van der Waals surface area contributed by atoms with Crippen LogP contribution in [0.2, 0.25) is 4.34 Å². The number of Topliss-reactive ketones (excluding diaryl/α,β-unsaturated/α-hetero) is 1. The van der Waals surface area contributed by atoms with Gasteiger partial charge in [0.2, 0.25) is 5.91 Å². The number of carboxylic acids is 1. The Balaban J connectivity index is 1.81. The van der Waals surface area contributed by atoms with Crippen molar-refractivity contribution in [2.75, 3.05) is 12.8 Å². The van der Waals surface area contributed by atoms with E-state index in [1.54, 1.807) is 0 Å². The molecule has 0 radical (unpaired) electrons. The Bertz CT molecular complexity index is 909. The minimum Gasteiger partial charge on any atom is -0.477 e. The number of thiazole rings is 1. The van der Waals surface area contributed by atoms with Crippen molar-refractivity contribution < 1.29 is 24.3 Å². The highest BCUT2D eigenvalue weighted by Crippen LogP contribution is 2.42. The van der Waals surface area contributed by atoms with Crippen LogP contribution in [-0.2, 0) is 19.2 Å². The fourth-order valence-electron chi connectivity index (χ4n) is 3.72. The van der Waals surface area contributed by atoms with Gasteiger partial charge in [0.1, 0.15) is 22.8 Å². The van der Waals surface area contributed by atoms with Gasteiger partial charge in [-0.3, -0.25) is 9.59 Å². The Labute approximate surface area is 169 Å². The van der Waals surface area contributed by atoms with E-state index in [4.69, 9.17) is 22.2 Å². The maximum Gasteiger partial charge on any atom is 0.352 e. The molecule has 3 N–H and O–H groups in total. The van der Waals surface area contributed by atoms with E-state index in [2.05, 4.69) is 10.1 Å². The number of allylic oxidation sites excluding steroid dienone is 1. The summed E-state index contributed by atoms with van der Waals surface area (Å²) >= 11 is 7.07. The molecule has 150 valence electrons. The molecule has 3 heterocycles. The van der Waals surface area contributed by atoms with Gasteiger partial charge in [0.15, 0.2) is 16.6 Å². The summed E-state index contributed by atoms with van der Waals surface area (Å²) in [5.41, 5.74) is 6.43. The van der Waals surface area contributed by atoms with Crippen molar-refractivity contribution in [3.05, 3.63) is 21.3 Å². The van der Waals surface area contributed by atoms with Gasteiger partial charge in [-0.05, 0) is 24.8 Å². The predicted molar refractivity (Wildman–Crippen MR) is 103 cm³/mol. The molecule has 1 unspecified atom stereocenters. The van der Waals surface area contributed by atoms with Crippen LogP contribution >= 0.6 is 22.9 Å². The zero-order valence-electron chi connectivity index (χ0n) is 15.3. The van der Waals surface area contributed by atoms with E-state index in [0.29, 0.717) is 19.3 Å². The number of carboxylic acid groups (broad SMARTS) is 1. The highest BCUT2D eigenvalue weighted by atomic mass is 35.5. The first-order chi connectivity index (χ1) is 13.3. The zero-order valence-corrected chi connectivity index (χ0v) is 16.8. The van der Waals surface area contributed by atoms with Crippen LogP contribution in [0.4, 0.5) is 5.13 Å². The van der Waals surface area contributed by atoms with Gasteiger partial charge in [0.05, 0.1) is 5.92 Å². The molecule has 2 aliphatic rings. The average molecular weight is 427 g/mol. The van der Waals surface area contributed by atoms with Crippen molar-refractivity contribution in [2.45, 2.75) is 38.6 Å². The second-order valence-corrected chi connectivity index (χ2v) is 8.09. The largest absolute Gasteiger partial charge is 0.477 e. The summed E-state index contributed by atoms with van der Waals surface area (Å²) in [6.45, 7) is 1.86. The highest BCUT2D eigenvalue weighted by Gasteiger charge is 2.53. The molecule has 0 saturated carbocycles. The van der Waals surface area contributed by atoms with Gasteiger partial charge in [-0.25, -0.2) is 9.78 Å². The normalized spacial score (nSPS) is 22.0. The number of carbonyl (C=O) groups excluding carboxylic acids is 2. The van der Waals surface area contributed by atoms with Crippen LogP contribution in [0, 0.1) is 5.92 Å². The van der Waals surface area contributed by atoms with E-state index in [1.807, 2.05) is 6.92 Å². The molecular formula is C17H19ClN4O5S. The first kappa shape index (κ1) is 20.3. The van der Waals surface area contributed by atoms with Gasteiger partial charge in [-0.15, -0.1) is 0 Å². The van der Waals surface area contributed by atoms with E-state index in [1.165, 1.54) is 12.0 Å². The van der Waals surface area contributed by atoms with Gasteiger partial charge in [-0.1, -0.05) is 35.0 Å². The number of nitrogens with two attached hydrogens (primary N) is 1. The summed E-state index contributed by atoms with van der Waals surface area (Å²) in [5.74, 6) is -2.57. The molecule has 1 amide bonds. The number of nitrogen functional groups attached to an aromatic ring is 1. The van der Waals surface area contributed by atoms with Gasteiger partial charge in [0.25, 0.3) is 0 Å². The number of aromatic nitrogens is 1. The lowest BCUT2D eigenvalue weighted by Gasteiger charge is -2.50. The fraction of sp³-hybridized carbons (Fsp3) is 0.471. The van der Waals surface area contributed by atoms with Crippen LogP contribution in [0.25, 0.3) is 0 Å². The summed E-state index contributed by atoms with van der Waals surface area (Å²) in [5, 5.41) is 13.4. The lowest BCUT2D eigenvalue weighted by Crippen LogP contribution is -2.63. The molecule has 0 aliphatic carbocycles. The number of aliphatic carboxylic acids is 1. The number of ketones is 1. The standard InChI is InChI=1S/C17H19ClN4O5S/c1-3-7-4-5-9-8(15(24)22(9)13(7)16(25)26)6-10(23)11(21-27-2)12-14(18)28-17(19)20-12/h8-9H,3-6H2,1-2H3,(H2,19,20)(H,25,26)/b21-11+/t8-,9?/m0/s1. The van der Waals surface area contributed by atoms with Crippen LogP contribution in [0.3, 0.4) is 0 Å². The zero-order chi connectivity index (χ0) is 20.6.